The van der Waals surface area contributed by atoms with Gasteiger partial charge in [-0.2, -0.15) is 0 Å². The van der Waals surface area contributed by atoms with Gasteiger partial charge in [0.05, 0.1) is 18.8 Å². The number of nitrogens with two attached hydrogens (primary N) is 1. The Morgan fingerprint density at radius 2 is 1.46 bits per heavy atom. The van der Waals surface area contributed by atoms with Crippen molar-refractivity contribution in [2.24, 2.45) is 11.7 Å². The first-order chi connectivity index (χ1) is 18.3. The van der Waals surface area contributed by atoms with E-state index >= 15 is 0 Å². The summed E-state index contributed by atoms with van der Waals surface area (Å²) >= 11 is 0. The molecule has 0 spiro atoms. The van der Waals surface area contributed by atoms with Crippen molar-refractivity contribution in [2.45, 2.75) is 63.7 Å². The Morgan fingerprint density at radius 1 is 0.897 bits per heavy atom. The van der Waals surface area contributed by atoms with Gasteiger partial charge in [-0.25, -0.2) is 9.78 Å². The summed E-state index contributed by atoms with van der Waals surface area (Å²) in [6, 6.07) is 0.711. The summed E-state index contributed by atoms with van der Waals surface area (Å²) in [4.78, 5) is 68.4. The Morgan fingerprint density at radius 3 is 1.97 bits per heavy atom. The molecule has 0 aliphatic rings. The summed E-state index contributed by atoms with van der Waals surface area (Å²) in [5.41, 5.74) is 6.66. The molecule has 0 radical (unpaired) electrons. The van der Waals surface area contributed by atoms with Gasteiger partial charge in [0, 0.05) is 24.7 Å². The molecular formula is C25H34N6O8. The molecule has 3 amide bonds. The fraction of sp³-hybridized carbons (Fsp3) is 0.440. The van der Waals surface area contributed by atoms with Crippen LogP contribution in [0.2, 0.25) is 0 Å². The molecule has 212 valence electrons. The fourth-order valence-corrected chi connectivity index (χ4v) is 3.70. The third-order valence-corrected chi connectivity index (χ3v) is 5.67. The molecule has 39 heavy (non-hydrogen) atoms. The summed E-state index contributed by atoms with van der Waals surface area (Å²) in [5, 5.41) is 35.5. The van der Waals surface area contributed by atoms with E-state index in [1.807, 2.05) is 0 Å². The van der Waals surface area contributed by atoms with Crippen LogP contribution in [0.5, 0.6) is 5.75 Å². The minimum Gasteiger partial charge on any atom is -0.508 e. The summed E-state index contributed by atoms with van der Waals surface area (Å²) in [6.07, 6.45) is 2.13. The number of aromatic hydroxyl groups is 1. The Kier molecular flexibility index (Phi) is 11.4. The van der Waals surface area contributed by atoms with E-state index in [2.05, 4.69) is 25.9 Å². The zero-order valence-corrected chi connectivity index (χ0v) is 21.6. The number of phenolic OH excluding ortho intramolecular Hbond substituents is 1. The van der Waals surface area contributed by atoms with Crippen molar-refractivity contribution in [1.82, 2.24) is 25.9 Å². The van der Waals surface area contributed by atoms with Gasteiger partial charge in [0.25, 0.3) is 0 Å². The number of aliphatic carboxylic acids is 2. The molecule has 4 unspecified atom stereocenters. The van der Waals surface area contributed by atoms with Gasteiger partial charge in [0.1, 0.15) is 23.9 Å². The van der Waals surface area contributed by atoms with Crippen LogP contribution in [0.3, 0.4) is 0 Å². The summed E-state index contributed by atoms with van der Waals surface area (Å²) in [5.74, 6) is -5.03. The lowest BCUT2D eigenvalue weighted by atomic mass is 10.0. The number of carboxylic acids is 2. The van der Waals surface area contributed by atoms with Crippen LogP contribution >= 0.6 is 0 Å². The number of H-pyrrole nitrogens is 1. The number of imidazole rings is 1. The van der Waals surface area contributed by atoms with Gasteiger partial charge in [0.2, 0.25) is 17.7 Å². The molecular weight excluding hydrogens is 512 g/mol. The number of benzene rings is 1. The number of rotatable bonds is 15. The van der Waals surface area contributed by atoms with E-state index in [0.29, 0.717) is 11.3 Å². The maximum Gasteiger partial charge on any atom is 0.326 e. The van der Waals surface area contributed by atoms with Crippen molar-refractivity contribution in [3.8, 4) is 5.75 Å². The minimum atomic E-state index is -1.43. The third-order valence-electron chi connectivity index (χ3n) is 5.67. The molecule has 0 fully saturated rings. The number of aromatic amines is 1. The number of carboxylic acid groups (broad SMARTS) is 2. The van der Waals surface area contributed by atoms with Crippen LogP contribution in [-0.4, -0.2) is 79.1 Å². The van der Waals surface area contributed by atoms with Gasteiger partial charge in [-0.3, -0.25) is 19.2 Å². The van der Waals surface area contributed by atoms with Crippen molar-refractivity contribution < 1.29 is 39.3 Å². The second kappa shape index (κ2) is 14.5. The van der Waals surface area contributed by atoms with E-state index in [1.165, 1.54) is 24.7 Å². The fourth-order valence-electron chi connectivity index (χ4n) is 3.70. The molecule has 0 bridgehead atoms. The standard InChI is InChI=1S/C25H34N6O8/c1-13(2)7-20(25(38)39)31-23(36)18(8-14-3-5-16(32)6-4-14)30-24(37)19(9-15-11-27-12-28-15)29-22(35)17(26)10-21(33)34/h3-6,11-13,17-20,32H,7-10,26H2,1-2H3,(H,27,28)(H,29,35)(H,30,37)(H,31,36)(H,33,34)(H,38,39). The quantitative estimate of drug-likeness (QED) is 0.140. The predicted octanol–water partition coefficient (Wildman–Crippen LogP) is -0.712. The number of carbonyl (C=O) groups excluding carboxylic acids is 3. The van der Waals surface area contributed by atoms with Crippen LogP contribution in [-0.2, 0) is 36.8 Å². The van der Waals surface area contributed by atoms with Gasteiger partial charge in [0.15, 0.2) is 0 Å². The summed E-state index contributed by atoms with van der Waals surface area (Å²) < 4.78 is 0. The number of amides is 3. The van der Waals surface area contributed by atoms with Gasteiger partial charge in [-0.05, 0) is 30.0 Å². The van der Waals surface area contributed by atoms with Gasteiger partial charge in [-0.15, -0.1) is 0 Å². The molecule has 14 nitrogen and oxygen atoms in total. The maximum absolute atomic E-state index is 13.4. The molecule has 1 heterocycles. The molecule has 0 aliphatic carbocycles. The highest BCUT2D eigenvalue weighted by Crippen LogP contribution is 2.13. The summed E-state index contributed by atoms with van der Waals surface area (Å²) in [6.45, 7) is 3.60. The van der Waals surface area contributed by atoms with E-state index in [9.17, 15) is 34.2 Å². The lowest BCUT2D eigenvalue weighted by molar-refractivity contribution is -0.142. The van der Waals surface area contributed by atoms with E-state index in [1.54, 1.807) is 26.0 Å². The zero-order chi connectivity index (χ0) is 29.1. The molecule has 1 aromatic heterocycles. The van der Waals surface area contributed by atoms with E-state index in [0.717, 1.165) is 0 Å². The molecule has 9 N–H and O–H groups in total. The van der Waals surface area contributed by atoms with Crippen molar-refractivity contribution in [3.63, 3.8) is 0 Å². The number of nitrogens with zero attached hydrogens (tertiary/aromatic N) is 1. The van der Waals surface area contributed by atoms with Crippen molar-refractivity contribution in [3.05, 3.63) is 48.0 Å². The monoisotopic (exact) mass is 546 g/mol. The number of hydrogen-bond donors (Lipinski definition) is 8. The highest BCUT2D eigenvalue weighted by Gasteiger charge is 2.31. The molecule has 0 aliphatic heterocycles. The second-order valence-electron chi connectivity index (χ2n) is 9.51. The van der Waals surface area contributed by atoms with Crippen LogP contribution in [0.1, 0.15) is 37.9 Å². The van der Waals surface area contributed by atoms with Crippen LogP contribution in [0.4, 0.5) is 0 Å². The predicted molar refractivity (Wildman–Crippen MR) is 137 cm³/mol. The topological polar surface area (TPSA) is 237 Å². The van der Waals surface area contributed by atoms with E-state index in [-0.39, 0.29) is 30.9 Å². The van der Waals surface area contributed by atoms with Crippen molar-refractivity contribution >= 4 is 29.7 Å². The Labute approximate surface area is 224 Å². The Balaban J connectivity index is 2.30. The second-order valence-corrected chi connectivity index (χ2v) is 9.51. The molecule has 0 saturated heterocycles. The number of nitrogens with one attached hydrogen (secondary N) is 4. The summed E-state index contributed by atoms with van der Waals surface area (Å²) in [7, 11) is 0. The highest BCUT2D eigenvalue weighted by atomic mass is 16.4. The average Bonchev–Trinajstić information content (AvgIpc) is 3.36. The van der Waals surface area contributed by atoms with Gasteiger partial charge >= 0.3 is 11.9 Å². The Bertz CT molecular complexity index is 1140. The minimum absolute atomic E-state index is 0.00769. The van der Waals surface area contributed by atoms with E-state index in [4.69, 9.17) is 10.8 Å². The number of aromatic nitrogens is 2. The number of hydrogen-bond acceptors (Lipinski definition) is 8. The molecule has 0 saturated carbocycles. The highest BCUT2D eigenvalue weighted by molar-refractivity contribution is 5.95. The van der Waals surface area contributed by atoms with Crippen LogP contribution in [0, 0.1) is 5.92 Å². The van der Waals surface area contributed by atoms with Crippen LogP contribution in [0.15, 0.2) is 36.8 Å². The van der Waals surface area contributed by atoms with Gasteiger partial charge < -0.3 is 42.0 Å². The SMILES string of the molecule is CC(C)CC(NC(=O)C(Cc1ccc(O)cc1)NC(=O)C(Cc1cnc[nH]1)NC(=O)C(N)CC(=O)O)C(=O)O. The van der Waals surface area contributed by atoms with Crippen molar-refractivity contribution in [1.29, 1.82) is 0 Å². The largest absolute Gasteiger partial charge is 0.508 e. The normalized spacial score (nSPS) is 14.1. The first-order valence-corrected chi connectivity index (χ1v) is 12.2. The first-order valence-electron chi connectivity index (χ1n) is 12.2. The third kappa shape index (κ3) is 10.4. The molecule has 4 atom stereocenters. The molecule has 14 heteroatoms. The zero-order valence-electron chi connectivity index (χ0n) is 21.6. The lowest BCUT2D eigenvalue weighted by Crippen LogP contribution is -2.58. The van der Waals surface area contributed by atoms with Crippen LogP contribution in [0.25, 0.3) is 0 Å². The lowest BCUT2D eigenvalue weighted by Gasteiger charge is -2.25. The number of carbonyl (C=O) groups is 5. The molecule has 2 aromatic rings. The number of phenols is 1. The maximum atomic E-state index is 13.4. The van der Waals surface area contributed by atoms with E-state index < -0.39 is 60.2 Å². The van der Waals surface area contributed by atoms with Crippen LogP contribution < -0.4 is 21.7 Å². The Hall–Kier alpha value is -4.46. The molecule has 1 aromatic carbocycles. The smallest absolute Gasteiger partial charge is 0.326 e. The first kappa shape index (κ1) is 30.8. The van der Waals surface area contributed by atoms with Gasteiger partial charge in [-0.1, -0.05) is 26.0 Å². The molecule has 2 rings (SSSR count). The average molecular weight is 547 g/mol. The van der Waals surface area contributed by atoms with Crippen molar-refractivity contribution in [2.75, 3.05) is 0 Å².